The monoisotopic (exact) mass is 400 g/mol. The highest BCUT2D eigenvalue weighted by Crippen LogP contribution is 2.28. The molecule has 7 heteroatoms. The number of hydrogen-bond donors (Lipinski definition) is 1. The summed E-state index contributed by atoms with van der Waals surface area (Å²) in [6, 6.07) is 9.83. The molecule has 0 saturated heterocycles. The first-order chi connectivity index (χ1) is 13.3. The maximum absolute atomic E-state index is 5.75. The molecular weight excluding hydrogens is 376 g/mol. The van der Waals surface area contributed by atoms with Crippen molar-refractivity contribution in [3.05, 3.63) is 52.2 Å². The fourth-order valence-electron chi connectivity index (χ4n) is 3.38. The predicted molar refractivity (Wildman–Crippen MR) is 109 cm³/mol. The second-order valence-electron chi connectivity index (χ2n) is 6.88. The van der Waals surface area contributed by atoms with Crippen molar-refractivity contribution in [2.24, 2.45) is 5.92 Å². The third-order valence-electron chi connectivity index (χ3n) is 4.83. The molecule has 2 aromatic heterocycles. The molecule has 1 aromatic carbocycles. The number of thiazole rings is 1. The number of hydrogen-bond acceptors (Lipinski definition) is 6. The normalized spacial score (nSPS) is 14.7. The van der Waals surface area contributed by atoms with E-state index in [4.69, 9.17) is 4.74 Å². The molecule has 0 spiro atoms. The Kier molecular flexibility index (Phi) is 6.42. The molecule has 0 bridgehead atoms. The number of nitrogens with one attached hydrogen (secondary N) is 1. The Balaban J connectivity index is 1.21. The molecule has 142 valence electrons. The third-order valence-corrected chi connectivity index (χ3v) is 6.58. The Morgan fingerprint density at radius 3 is 2.85 bits per heavy atom. The molecule has 0 amide bonds. The van der Waals surface area contributed by atoms with Crippen LogP contribution in [0.15, 0.2) is 40.9 Å². The number of benzene rings is 1. The highest BCUT2D eigenvalue weighted by atomic mass is 32.2. The van der Waals surface area contributed by atoms with E-state index in [1.807, 2.05) is 30.3 Å². The Morgan fingerprint density at radius 1 is 1.15 bits per heavy atom. The average Bonchev–Trinajstić information content (AvgIpc) is 3.46. The van der Waals surface area contributed by atoms with Crippen molar-refractivity contribution in [2.45, 2.75) is 56.0 Å². The summed E-state index contributed by atoms with van der Waals surface area (Å²) in [5.41, 5.74) is 1.05. The van der Waals surface area contributed by atoms with Gasteiger partial charge in [-0.25, -0.2) is 9.97 Å². The van der Waals surface area contributed by atoms with Crippen LogP contribution in [0, 0.1) is 5.92 Å². The highest BCUT2D eigenvalue weighted by Gasteiger charge is 2.15. The van der Waals surface area contributed by atoms with Crippen LogP contribution in [0.2, 0.25) is 0 Å². The van der Waals surface area contributed by atoms with Crippen LogP contribution in [-0.4, -0.2) is 20.2 Å². The van der Waals surface area contributed by atoms with Gasteiger partial charge in [0.25, 0.3) is 0 Å². The first-order valence-corrected chi connectivity index (χ1v) is 11.4. The summed E-state index contributed by atoms with van der Waals surface area (Å²) in [4.78, 5) is 9.26. The number of aromatic nitrogens is 4. The molecule has 1 aliphatic carbocycles. The van der Waals surface area contributed by atoms with Crippen molar-refractivity contribution >= 4 is 23.1 Å². The van der Waals surface area contributed by atoms with Gasteiger partial charge < -0.3 is 4.74 Å². The molecule has 0 atom stereocenters. The van der Waals surface area contributed by atoms with E-state index in [-0.39, 0.29) is 0 Å². The van der Waals surface area contributed by atoms with E-state index in [9.17, 15) is 0 Å². The number of H-pyrrole nitrogens is 1. The van der Waals surface area contributed by atoms with Gasteiger partial charge in [0.2, 0.25) is 5.16 Å². The van der Waals surface area contributed by atoms with Crippen LogP contribution in [0.3, 0.4) is 0 Å². The Labute approximate surface area is 168 Å². The van der Waals surface area contributed by atoms with Gasteiger partial charge in [-0.1, -0.05) is 55.6 Å². The number of thioether (sulfide) groups is 1. The molecule has 2 heterocycles. The number of para-hydroxylation sites is 1. The number of ether oxygens (including phenoxy) is 1. The van der Waals surface area contributed by atoms with Gasteiger partial charge in [-0.05, 0) is 24.5 Å². The van der Waals surface area contributed by atoms with Crippen molar-refractivity contribution in [3.8, 4) is 5.75 Å². The first-order valence-electron chi connectivity index (χ1n) is 9.50. The van der Waals surface area contributed by atoms with E-state index in [2.05, 4.69) is 25.5 Å². The lowest BCUT2D eigenvalue weighted by Gasteiger charge is -2.05. The van der Waals surface area contributed by atoms with Gasteiger partial charge in [0.1, 0.15) is 23.2 Å². The van der Waals surface area contributed by atoms with Gasteiger partial charge in [-0.2, -0.15) is 0 Å². The number of rotatable bonds is 9. The largest absolute Gasteiger partial charge is 0.486 e. The third kappa shape index (κ3) is 5.56. The van der Waals surface area contributed by atoms with E-state index in [1.165, 1.54) is 32.1 Å². The standard InChI is InChI=1S/C20H24N4OS2/c1-2-8-17(9-3-1)25-12-19-21-16(13-26-19)14-27-20-22-18(23-24-20)11-10-15-6-4-5-7-15/h1-3,8-9,13,15H,4-7,10-12,14H2,(H,22,23,24). The van der Waals surface area contributed by atoms with Crippen molar-refractivity contribution in [1.82, 2.24) is 20.2 Å². The van der Waals surface area contributed by atoms with E-state index in [1.54, 1.807) is 23.1 Å². The summed E-state index contributed by atoms with van der Waals surface area (Å²) in [7, 11) is 0. The van der Waals surface area contributed by atoms with Crippen LogP contribution in [-0.2, 0) is 18.8 Å². The maximum atomic E-state index is 5.75. The minimum absolute atomic E-state index is 0.505. The van der Waals surface area contributed by atoms with Gasteiger partial charge in [0.05, 0.1) is 5.69 Å². The van der Waals surface area contributed by atoms with Gasteiger partial charge in [-0.15, -0.1) is 16.4 Å². The Morgan fingerprint density at radius 2 is 2.00 bits per heavy atom. The van der Waals surface area contributed by atoms with E-state index in [0.717, 1.165) is 45.5 Å². The van der Waals surface area contributed by atoms with Gasteiger partial charge in [-0.3, -0.25) is 5.10 Å². The Hall–Kier alpha value is -1.86. The van der Waals surface area contributed by atoms with Crippen molar-refractivity contribution < 1.29 is 4.74 Å². The van der Waals surface area contributed by atoms with E-state index >= 15 is 0 Å². The molecule has 1 aliphatic rings. The summed E-state index contributed by atoms with van der Waals surface area (Å²) in [6.07, 6.45) is 7.81. The quantitative estimate of drug-likeness (QED) is 0.497. The van der Waals surface area contributed by atoms with Crippen LogP contribution in [0.4, 0.5) is 0 Å². The molecule has 1 saturated carbocycles. The lowest BCUT2D eigenvalue weighted by Crippen LogP contribution is -1.97. The summed E-state index contributed by atoms with van der Waals surface area (Å²) in [6.45, 7) is 0.505. The van der Waals surface area contributed by atoms with E-state index in [0.29, 0.717) is 6.61 Å². The van der Waals surface area contributed by atoms with Gasteiger partial charge >= 0.3 is 0 Å². The highest BCUT2D eigenvalue weighted by molar-refractivity contribution is 7.98. The van der Waals surface area contributed by atoms with E-state index < -0.39 is 0 Å². The van der Waals surface area contributed by atoms with Crippen molar-refractivity contribution in [1.29, 1.82) is 0 Å². The molecule has 4 rings (SSSR count). The second kappa shape index (κ2) is 9.37. The predicted octanol–water partition coefficient (Wildman–Crippen LogP) is 5.26. The fraction of sp³-hybridized carbons (Fsp3) is 0.450. The number of aromatic amines is 1. The van der Waals surface area contributed by atoms with Crippen molar-refractivity contribution in [2.75, 3.05) is 0 Å². The lowest BCUT2D eigenvalue weighted by atomic mass is 10.0. The maximum Gasteiger partial charge on any atom is 0.208 e. The van der Waals surface area contributed by atoms with Gasteiger partial charge in [0.15, 0.2) is 0 Å². The molecule has 5 nitrogen and oxygen atoms in total. The number of aryl methyl sites for hydroxylation is 1. The zero-order valence-electron chi connectivity index (χ0n) is 15.3. The second-order valence-corrected chi connectivity index (χ2v) is 8.76. The lowest BCUT2D eigenvalue weighted by molar-refractivity contribution is 0.305. The molecule has 0 aliphatic heterocycles. The Bertz CT molecular complexity index is 827. The smallest absolute Gasteiger partial charge is 0.208 e. The van der Waals surface area contributed by atoms with Gasteiger partial charge in [0, 0.05) is 17.6 Å². The van der Waals surface area contributed by atoms with Crippen LogP contribution < -0.4 is 4.74 Å². The van der Waals surface area contributed by atoms with Crippen LogP contribution in [0.5, 0.6) is 5.75 Å². The molecule has 1 fully saturated rings. The zero-order chi connectivity index (χ0) is 18.3. The summed E-state index contributed by atoms with van der Waals surface area (Å²) in [5.74, 6) is 3.55. The van der Waals surface area contributed by atoms with Crippen molar-refractivity contribution in [3.63, 3.8) is 0 Å². The molecular formula is C20H24N4OS2. The minimum atomic E-state index is 0.505. The fourth-order valence-corrected chi connectivity index (χ4v) is 4.90. The average molecular weight is 401 g/mol. The molecule has 3 aromatic rings. The van der Waals surface area contributed by atoms with Crippen LogP contribution in [0.1, 0.15) is 48.6 Å². The zero-order valence-corrected chi connectivity index (χ0v) is 16.9. The SMILES string of the molecule is c1ccc(OCc2nc(CSc3n[nH]c(CCC4CCCC4)n3)cs2)cc1. The molecule has 0 unspecified atom stereocenters. The molecule has 1 N–H and O–H groups in total. The molecule has 27 heavy (non-hydrogen) atoms. The summed E-state index contributed by atoms with van der Waals surface area (Å²) >= 11 is 3.26. The van der Waals surface area contributed by atoms with Crippen LogP contribution >= 0.6 is 23.1 Å². The summed E-state index contributed by atoms with van der Waals surface area (Å²) in [5, 5.41) is 11.3. The topological polar surface area (TPSA) is 63.7 Å². The minimum Gasteiger partial charge on any atom is -0.486 e. The molecule has 0 radical (unpaired) electrons. The summed E-state index contributed by atoms with van der Waals surface area (Å²) < 4.78 is 5.75. The first kappa shape index (κ1) is 18.5. The van der Waals surface area contributed by atoms with Crippen LogP contribution in [0.25, 0.3) is 0 Å². The number of nitrogens with zero attached hydrogens (tertiary/aromatic N) is 3.